The summed E-state index contributed by atoms with van der Waals surface area (Å²) in [6.45, 7) is 1.68. The third kappa shape index (κ3) is 3.61. The van der Waals surface area contributed by atoms with Crippen LogP contribution in [0.15, 0.2) is 16.6 Å². The summed E-state index contributed by atoms with van der Waals surface area (Å²) in [5, 5.41) is 2.47. The van der Waals surface area contributed by atoms with Crippen molar-refractivity contribution in [2.75, 3.05) is 20.3 Å². The average Bonchev–Trinajstić information content (AvgIpc) is 2.85. The molecule has 1 heterocycles. The van der Waals surface area contributed by atoms with Gasteiger partial charge in [0.15, 0.2) is 0 Å². The number of methoxy groups -OCH3 is 1. The molecule has 0 saturated heterocycles. The summed E-state index contributed by atoms with van der Waals surface area (Å²) in [5.74, 6) is 0.518. The van der Waals surface area contributed by atoms with Gasteiger partial charge in [0, 0.05) is 29.5 Å². The normalized spacial score (nSPS) is 14.7. The van der Waals surface area contributed by atoms with E-state index in [0.29, 0.717) is 13.1 Å². The van der Waals surface area contributed by atoms with Gasteiger partial charge in [0.25, 0.3) is 0 Å². The SMILES string of the molecule is COC(=O)C(Cl)CNCc1cc(Br)cc2c1OCC2. The molecular formula is C13H15BrClNO3. The molecule has 0 spiro atoms. The summed E-state index contributed by atoms with van der Waals surface area (Å²) in [6, 6.07) is 4.09. The van der Waals surface area contributed by atoms with Crippen molar-refractivity contribution in [1.29, 1.82) is 0 Å². The highest BCUT2D eigenvalue weighted by molar-refractivity contribution is 9.10. The van der Waals surface area contributed by atoms with E-state index in [4.69, 9.17) is 16.3 Å². The van der Waals surface area contributed by atoms with E-state index in [1.807, 2.05) is 6.07 Å². The molecule has 0 aliphatic carbocycles. The third-order valence-corrected chi connectivity index (χ3v) is 3.71. The van der Waals surface area contributed by atoms with Crippen LogP contribution < -0.4 is 10.1 Å². The lowest BCUT2D eigenvalue weighted by atomic mass is 10.1. The second kappa shape index (κ2) is 6.59. The Bertz CT molecular complexity index is 481. The zero-order valence-electron chi connectivity index (χ0n) is 10.5. The van der Waals surface area contributed by atoms with E-state index >= 15 is 0 Å². The van der Waals surface area contributed by atoms with Crippen LogP contribution in [0.5, 0.6) is 5.75 Å². The van der Waals surface area contributed by atoms with Crippen molar-refractivity contribution >= 4 is 33.5 Å². The summed E-state index contributed by atoms with van der Waals surface area (Å²) < 4.78 is 11.2. The molecule has 1 aliphatic rings. The van der Waals surface area contributed by atoms with Gasteiger partial charge in [-0.15, -0.1) is 11.6 Å². The molecule has 0 aromatic heterocycles. The van der Waals surface area contributed by atoms with Crippen molar-refractivity contribution in [3.05, 3.63) is 27.7 Å². The van der Waals surface area contributed by atoms with Crippen molar-refractivity contribution in [2.24, 2.45) is 0 Å². The maximum Gasteiger partial charge on any atom is 0.325 e. The molecule has 1 unspecified atom stereocenters. The van der Waals surface area contributed by atoms with E-state index in [-0.39, 0.29) is 0 Å². The predicted octanol–water partition coefficient (Wildman–Crippen LogP) is 2.25. The van der Waals surface area contributed by atoms with Crippen LogP contribution in [0.1, 0.15) is 11.1 Å². The molecule has 1 N–H and O–H groups in total. The summed E-state index contributed by atoms with van der Waals surface area (Å²) in [5.41, 5.74) is 2.28. The highest BCUT2D eigenvalue weighted by Gasteiger charge is 2.18. The Morgan fingerprint density at radius 2 is 2.42 bits per heavy atom. The molecular weight excluding hydrogens is 334 g/mol. The topological polar surface area (TPSA) is 47.6 Å². The van der Waals surface area contributed by atoms with Crippen LogP contribution in [-0.4, -0.2) is 31.6 Å². The monoisotopic (exact) mass is 347 g/mol. The van der Waals surface area contributed by atoms with Crippen molar-refractivity contribution in [2.45, 2.75) is 18.3 Å². The largest absolute Gasteiger partial charge is 0.493 e. The van der Waals surface area contributed by atoms with E-state index in [2.05, 4.69) is 32.0 Å². The summed E-state index contributed by atoms with van der Waals surface area (Å²) in [7, 11) is 1.33. The number of nitrogens with one attached hydrogen (secondary N) is 1. The molecule has 0 amide bonds. The van der Waals surface area contributed by atoms with Gasteiger partial charge in [0.05, 0.1) is 13.7 Å². The Morgan fingerprint density at radius 3 is 3.16 bits per heavy atom. The molecule has 1 aliphatic heterocycles. The molecule has 2 rings (SSSR count). The molecule has 0 bridgehead atoms. The fourth-order valence-corrected chi connectivity index (χ4v) is 2.77. The minimum absolute atomic E-state index is 0.357. The van der Waals surface area contributed by atoms with E-state index < -0.39 is 11.3 Å². The Hall–Kier alpha value is -0.780. The number of benzene rings is 1. The smallest absolute Gasteiger partial charge is 0.325 e. The second-order valence-corrected chi connectivity index (χ2v) is 5.72. The lowest BCUT2D eigenvalue weighted by Crippen LogP contribution is -2.29. The van der Waals surface area contributed by atoms with E-state index in [1.54, 1.807) is 0 Å². The van der Waals surface area contributed by atoms with Crippen LogP contribution in [0.4, 0.5) is 0 Å². The zero-order valence-corrected chi connectivity index (χ0v) is 12.9. The third-order valence-electron chi connectivity index (χ3n) is 2.92. The Morgan fingerprint density at radius 1 is 1.63 bits per heavy atom. The highest BCUT2D eigenvalue weighted by atomic mass is 79.9. The lowest BCUT2D eigenvalue weighted by molar-refractivity contribution is -0.140. The molecule has 4 nitrogen and oxygen atoms in total. The quantitative estimate of drug-likeness (QED) is 0.655. The Labute approximate surface area is 125 Å². The van der Waals surface area contributed by atoms with Crippen LogP contribution in [0, 0.1) is 0 Å². The van der Waals surface area contributed by atoms with Crippen molar-refractivity contribution in [1.82, 2.24) is 5.32 Å². The van der Waals surface area contributed by atoms with Gasteiger partial charge in [-0.3, -0.25) is 4.79 Å². The fraction of sp³-hybridized carbons (Fsp3) is 0.462. The first-order chi connectivity index (χ1) is 9.11. The number of hydrogen-bond acceptors (Lipinski definition) is 4. The minimum atomic E-state index is -0.675. The molecule has 104 valence electrons. The number of esters is 1. The van der Waals surface area contributed by atoms with Crippen LogP contribution in [-0.2, 0) is 22.5 Å². The minimum Gasteiger partial charge on any atom is -0.493 e. The van der Waals surface area contributed by atoms with Gasteiger partial charge in [-0.1, -0.05) is 15.9 Å². The van der Waals surface area contributed by atoms with Gasteiger partial charge in [0.1, 0.15) is 11.1 Å². The highest BCUT2D eigenvalue weighted by Crippen LogP contribution is 2.32. The van der Waals surface area contributed by atoms with Crippen LogP contribution in [0.3, 0.4) is 0 Å². The predicted molar refractivity (Wildman–Crippen MR) is 76.7 cm³/mol. The number of carbonyl (C=O) groups is 1. The number of alkyl halides is 1. The zero-order chi connectivity index (χ0) is 13.8. The average molecular weight is 349 g/mol. The van der Waals surface area contributed by atoms with Gasteiger partial charge < -0.3 is 14.8 Å². The van der Waals surface area contributed by atoms with Crippen molar-refractivity contribution in [3.8, 4) is 5.75 Å². The molecule has 6 heteroatoms. The lowest BCUT2D eigenvalue weighted by Gasteiger charge is -2.12. The molecule has 19 heavy (non-hydrogen) atoms. The molecule has 1 aromatic rings. The number of hydrogen-bond donors (Lipinski definition) is 1. The Balaban J connectivity index is 1.95. The number of fused-ring (bicyclic) bond motifs is 1. The molecule has 1 aromatic carbocycles. The van der Waals surface area contributed by atoms with Crippen molar-refractivity contribution in [3.63, 3.8) is 0 Å². The first kappa shape index (κ1) is 14.6. The number of carbonyl (C=O) groups excluding carboxylic acids is 1. The number of ether oxygens (including phenoxy) is 2. The van der Waals surface area contributed by atoms with Gasteiger partial charge in [-0.25, -0.2) is 0 Å². The van der Waals surface area contributed by atoms with E-state index in [1.165, 1.54) is 12.7 Å². The summed E-state index contributed by atoms with van der Waals surface area (Å²) in [4.78, 5) is 11.2. The van der Waals surface area contributed by atoms with E-state index in [9.17, 15) is 4.79 Å². The number of rotatable bonds is 5. The van der Waals surface area contributed by atoms with Gasteiger partial charge >= 0.3 is 5.97 Å². The maximum atomic E-state index is 11.2. The molecule has 0 saturated carbocycles. The fourth-order valence-electron chi connectivity index (χ4n) is 2.02. The summed E-state index contributed by atoms with van der Waals surface area (Å²) in [6.07, 6.45) is 0.933. The van der Waals surface area contributed by atoms with Gasteiger partial charge in [-0.2, -0.15) is 0 Å². The summed E-state index contributed by atoms with van der Waals surface area (Å²) >= 11 is 9.36. The second-order valence-electron chi connectivity index (χ2n) is 4.27. The first-order valence-electron chi connectivity index (χ1n) is 5.98. The molecule has 0 fully saturated rings. The van der Waals surface area contributed by atoms with Crippen LogP contribution in [0.25, 0.3) is 0 Å². The standard InChI is InChI=1S/C13H15BrClNO3/c1-18-13(17)11(15)7-16-6-9-5-10(14)4-8-2-3-19-12(8)9/h4-5,11,16H,2-3,6-7H2,1H3. The first-order valence-corrected chi connectivity index (χ1v) is 7.21. The maximum absolute atomic E-state index is 11.2. The number of halogens is 2. The molecule has 1 atom stereocenters. The van der Waals surface area contributed by atoms with Gasteiger partial charge in [-0.05, 0) is 17.7 Å². The molecule has 0 radical (unpaired) electrons. The van der Waals surface area contributed by atoms with Crippen molar-refractivity contribution < 1.29 is 14.3 Å². The Kier molecular flexibility index (Phi) is 5.07. The van der Waals surface area contributed by atoms with Crippen LogP contribution in [0.2, 0.25) is 0 Å². The van der Waals surface area contributed by atoms with Crippen LogP contribution >= 0.6 is 27.5 Å². The van der Waals surface area contributed by atoms with E-state index in [0.717, 1.165) is 28.8 Å². The van der Waals surface area contributed by atoms with Gasteiger partial charge in [0.2, 0.25) is 0 Å².